The van der Waals surface area contributed by atoms with E-state index in [1.54, 1.807) is 16.6 Å². The summed E-state index contributed by atoms with van der Waals surface area (Å²) in [6, 6.07) is -0.216. The van der Waals surface area contributed by atoms with E-state index in [9.17, 15) is 13.2 Å². The van der Waals surface area contributed by atoms with Crippen molar-refractivity contribution in [3.05, 3.63) is 18.0 Å². The van der Waals surface area contributed by atoms with E-state index in [0.717, 1.165) is 31.4 Å². The van der Waals surface area contributed by atoms with Gasteiger partial charge in [0, 0.05) is 51.6 Å². The first-order valence-corrected chi connectivity index (χ1v) is 10.9. The van der Waals surface area contributed by atoms with Gasteiger partial charge in [-0.05, 0) is 18.4 Å². The van der Waals surface area contributed by atoms with E-state index in [1.165, 1.54) is 6.26 Å². The molecule has 0 spiro atoms. The summed E-state index contributed by atoms with van der Waals surface area (Å²) in [5.74, 6) is -0.0420. The molecule has 0 bridgehead atoms. The Bertz CT molecular complexity index is 730. The molecule has 2 heterocycles. The summed E-state index contributed by atoms with van der Waals surface area (Å²) in [6.45, 7) is 1.37. The van der Waals surface area contributed by atoms with Crippen LogP contribution in [0, 0.1) is 5.92 Å². The highest BCUT2D eigenvalue weighted by atomic mass is 32.2. The highest BCUT2D eigenvalue weighted by Crippen LogP contribution is 2.33. The quantitative estimate of drug-likeness (QED) is 0.838. The Morgan fingerprint density at radius 3 is 2.68 bits per heavy atom. The summed E-state index contributed by atoms with van der Waals surface area (Å²) < 4.78 is 26.1. The number of carbonyl (C=O) groups excluding carboxylic acids is 1. The average molecular weight is 369 g/mol. The standard InChI is InChI=1S/C17H28N4O3S/c1-20-11-12(8-19-20)13-9-18-10-14(13)17(22)21(2)15-6-4-5-7-16(15)25(3,23)24/h8,11,13-16,18H,4-7,9-10H2,1-3H3/t13-,14+,15?,16?/m1/s1. The Labute approximate surface area is 149 Å². The van der Waals surface area contributed by atoms with Gasteiger partial charge in [-0.2, -0.15) is 5.10 Å². The molecule has 7 nitrogen and oxygen atoms in total. The molecule has 0 radical (unpaired) electrons. The molecule has 1 saturated carbocycles. The van der Waals surface area contributed by atoms with Crippen molar-refractivity contribution in [3.8, 4) is 0 Å². The lowest BCUT2D eigenvalue weighted by atomic mass is 9.88. The van der Waals surface area contributed by atoms with Crippen LogP contribution >= 0.6 is 0 Å². The number of sulfone groups is 1. The Kier molecular flexibility index (Phi) is 5.20. The number of rotatable bonds is 4. The summed E-state index contributed by atoms with van der Waals surface area (Å²) in [5.41, 5.74) is 1.06. The van der Waals surface area contributed by atoms with E-state index < -0.39 is 15.1 Å². The molecule has 2 fully saturated rings. The van der Waals surface area contributed by atoms with Crippen LogP contribution in [0.2, 0.25) is 0 Å². The highest BCUT2D eigenvalue weighted by molar-refractivity contribution is 7.91. The largest absolute Gasteiger partial charge is 0.341 e. The SMILES string of the molecule is CN(C(=O)[C@H]1CNC[C@@H]1c1cnn(C)c1)C1CCCCC1S(C)(=O)=O. The lowest BCUT2D eigenvalue weighted by molar-refractivity contribution is -0.136. The number of hydrogen-bond acceptors (Lipinski definition) is 5. The van der Waals surface area contributed by atoms with Crippen molar-refractivity contribution in [1.29, 1.82) is 0 Å². The Hall–Kier alpha value is -1.41. The van der Waals surface area contributed by atoms with Crippen molar-refractivity contribution >= 4 is 15.7 Å². The van der Waals surface area contributed by atoms with E-state index in [1.807, 2.05) is 19.4 Å². The number of hydrogen-bond donors (Lipinski definition) is 1. The van der Waals surface area contributed by atoms with Gasteiger partial charge in [-0.1, -0.05) is 12.8 Å². The third kappa shape index (κ3) is 3.74. The predicted molar refractivity (Wildman–Crippen MR) is 96.0 cm³/mol. The van der Waals surface area contributed by atoms with Gasteiger partial charge in [0.2, 0.25) is 5.91 Å². The second kappa shape index (κ2) is 7.07. The van der Waals surface area contributed by atoms with E-state index in [2.05, 4.69) is 10.4 Å². The highest BCUT2D eigenvalue weighted by Gasteiger charge is 2.42. The Morgan fingerprint density at radius 1 is 1.32 bits per heavy atom. The topological polar surface area (TPSA) is 84.3 Å². The van der Waals surface area contributed by atoms with Gasteiger partial charge >= 0.3 is 0 Å². The molecule has 2 aliphatic rings. The zero-order valence-corrected chi connectivity index (χ0v) is 16.0. The van der Waals surface area contributed by atoms with Gasteiger partial charge in [0.1, 0.15) is 0 Å². The summed E-state index contributed by atoms with van der Waals surface area (Å²) in [6.07, 6.45) is 8.37. The first-order chi connectivity index (χ1) is 11.8. The molecule has 1 amide bonds. The van der Waals surface area contributed by atoms with Crippen LogP contribution < -0.4 is 5.32 Å². The summed E-state index contributed by atoms with van der Waals surface area (Å²) >= 11 is 0. The minimum Gasteiger partial charge on any atom is -0.341 e. The number of aromatic nitrogens is 2. The van der Waals surface area contributed by atoms with Crippen LogP contribution in [0.15, 0.2) is 12.4 Å². The summed E-state index contributed by atoms with van der Waals surface area (Å²) in [5, 5.41) is 7.08. The van der Waals surface area contributed by atoms with Gasteiger partial charge in [0.15, 0.2) is 9.84 Å². The van der Waals surface area contributed by atoms with Gasteiger partial charge in [-0.25, -0.2) is 8.42 Å². The minimum atomic E-state index is -3.16. The van der Waals surface area contributed by atoms with Gasteiger partial charge in [0.05, 0.1) is 17.4 Å². The summed E-state index contributed by atoms with van der Waals surface area (Å²) in [7, 11) is 0.479. The van der Waals surface area contributed by atoms with Gasteiger partial charge in [-0.15, -0.1) is 0 Å². The first kappa shape index (κ1) is 18.4. The summed E-state index contributed by atoms with van der Waals surface area (Å²) in [4.78, 5) is 14.9. The third-order valence-corrected chi connectivity index (χ3v) is 7.40. The minimum absolute atomic E-state index is 0.0411. The molecule has 1 aromatic rings. The zero-order valence-electron chi connectivity index (χ0n) is 15.2. The van der Waals surface area contributed by atoms with Crippen molar-refractivity contribution in [2.75, 3.05) is 26.4 Å². The Morgan fingerprint density at radius 2 is 2.04 bits per heavy atom. The van der Waals surface area contributed by atoms with Crippen molar-refractivity contribution in [2.45, 2.75) is 42.9 Å². The van der Waals surface area contributed by atoms with E-state index in [0.29, 0.717) is 13.0 Å². The molecule has 1 aliphatic carbocycles. The number of carbonyl (C=O) groups is 1. The maximum Gasteiger partial charge on any atom is 0.227 e. The molecule has 140 valence electrons. The fraction of sp³-hybridized carbons (Fsp3) is 0.765. The molecular weight excluding hydrogens is 340 g/mol. The van der Waals surface area contributed by atoms with Crippen molar-refractivity contribution < 1.29 is 13.2 Å². The Balaban J connectivity index is 1.79. The van der Waals surface area contributed by atoms with Crippen molar-refractivity contribution in [3.63, 3.8) is 0 Å². The smallest absolute Gasteiger partial charge is 0.227 e. The second-order valence-corrected chi connectivity index (χ2v) is 9.75. The van der Waals surface area contributed by atoms with Crippen LogP contribution in [0.4, 0.5) is 0 Å². The van der Waals surface area contributed by atoms with Crippen LogP contribution in [0.5, 0.6) is 0 Å². The van der Waals surface area contributed by atoms with E-state index in [-0.39, 0.29) is 23.8 Å². The monoisotopic (exact) mass is 368 g/mol. The fourth-order valence-corrected chi connectivity index (χ4v) is 5.85. The van der Waals surface area contributed by atoms with Crippen LogP contribution in [0.25, 0.3) is 0 Å². The van der Waals surface area contributed by atoms with Crippen LogP contribution in [0.3, 0.4) is 0 Å². The molecule has 4 atom stereocenters. The fourth-order valence-electron chi connectivity index (χ4n) is 4.36. The molecule has 2 unspecified atom stereocenters. The van der Waals surface area contributed by atoms with E-state index in [4.69, 9.17) is 0 Å². The zero-order chi connectivity index (χ0) is 18.2. The lowest BCUT2D eigenvalue weighted by Gasteiger charge is -2.38. The van der Waals surface area contributed by atoms with Crippen LogP contribution in [-0.2, 0) is 21.7 Å². The van der Waals surface area contributed by atoms with Gasteiger partial charge in [-0.3, -0.25) is 9.48 Å². The normalized spacial score (nSPS) is 30.4. The van der Waals surface area contributed by atoms with E-state index >= 15 is 0 Å². The molecule has 1 N–H and O–H groups in total. The molecule has 1 aliphatic heterocycles. The predicted octanol–water partition coefficient (Wildman–Crippen LogP) is 0.537. The van der Waals surface area contributed by atoms with Gasteiger partial charge in [0.25, 0.3) is 0 Å². The number of amides is 1. The molecule has 1 aromatic heterocycles. The lowest BCUT2D eigenvalue weighted by Crippen LogP contribution is -2.51. The van der Waals surface area contributed by atoms with Gasteiger partial charge < -0.3 is 10.2 Å². The molecule has 1 saturated heterocycles. The second-order valence-electron chi connectivity index (χ2n) is 7.49. The molecule has 0 aromatic carbocycles. The maximum atomic E-state index is 13.2. The molecule has 8 heteroatoms. The molecule has 25 heavy (non-hydrogen) atoms. The van der Waals surface area contributed by atoms with Crippen LogP contribution in [0.1, 0.15) is 37.2 Å². The molecular formula is C17H28N4O3S. The molecule has 3 rings (SSSR count). The van der Waals surface area contributed by atoms with Crippen LogP contribution in [-0.4, -0.2) is 66.7 Å². The number of nitrogens with zero attached hydrogens (tertiary/aromatic N) is 3. The number of nitrogens with one attached hydrogen (secondary N) is 1. The average Bonchev–Trinajstić information content (AvgIpc) is 3.21. The van der Waals surface area contributed by atoms with Crippen molar-refractivity contribution in [2.24, 2.45) is 13.0 Å². The third-order valence-electron chi connectivity index (χ3n) is 5.75. The maximum absolute atomic E-state index is 13.2. The first-order valence-electron chi connectivity index (χ1n) is 8.94. The number of aryl methyl sites for hydroxylation is 1. The van der Waals surface area contributed by atoms with Crippen molar-refractivity contribution in [1.82, 2.24) is 20.0 Å².